The Labute approximate surface area is 241 Å². The second kappa shape index (κ2) is 10.1. The van der Waals surface area contributed by atoms with Crippen LogP contribution >= 0.6 is 0 Å². The molecule has 11 heteroatoms. The SMILES string of the molecule is C[C@@H]1c2ccccc2[C@H](F)CN1C(=O)c1cc(N2CCC2)n2nc(-c3ccc(N4CC[C@H](C(=O)O)C4)cc3F)cc2n1. The van der Waals surface area contributed by atoms with E-state index in [0.29, 0.717) is 47.9 Å². The van der Waals surface area contributed by atoms with Gasteiger partial charge in [0.1, 0.15) is 23.5 Å². The van der Waals surface area contributed by atoms with Crippen LogP contribution in [0.1, 0.15) is 53.6 Å². The molecule has 0 spiro atoms. The molecule has 3 aliphatic rings. The van der Waals surface area contributed by atoms with Gasteiger partial charge in [-0.05, 0) is 49.1 Å². The molecule has 42 heavy (non-hydrogen) atoms. The topological polar surface area (TPSA) is 94.3 Å². The minimum Gasteiger partial charge on any atom is -0.481 e. The second-order valence-corrected chi connectivity index (χ2v) is 11.3. The Hall–Kier alpha value is -4.54. The molecule has 1 amide bonds. The van der Waals surface area contributed by atoms with E-state index in [1.54, 1.807) is 40.9 Å². The lowest BCUT2D eigenvalue weighted by Crippen LogP contribution is -2.41. The Morgan fingerprint density at radius 3 is 2.45 bits per heavy atom. The molecule has 3 atom stereocenters. The number of rotatable bonds is 5. The zero-order valence-corrected chi connectivity index (χ0v) is 23.1. The Balaban J connectivity index is 1.23. The number of carboxylic acids is 1. The van der Waals surface area contributed by atoms with Crippen LogP contribution in [0.3, 0.4) is 0 Å². The molecule has 2 fully saturated rings. The highest BCUT2D eigenvalue weighted by molar-refractivity contribution is 5.94. The average Bonchev–Trinajstić information content (AvgIpc) is 3.62. The number of nitrogens with zero attached hydrogens (tertiary/aromatic N) is 6. The minimum absolute atomic E-state index is 0.0603. The number of benzene rings is 2. The van der Waals surface area contributed by atoms with Gasteiger partial charge in [-0.3, -0.25) is 9.59 Å². The summed E-state index contributed by atoms with van der Waals surface area (Å²) < 4.78 is 32.2. The highest BCUT2D eigenvalue weighted by atomic mass is 19.1. The molecule has 0 unspecified atom stereocenters. The summed E-state index contributed by atoms with van der Waals surface area (Å²) in [6.45, 7) is 4.30. The fraction of sp³-hybridized carbons (Fsp3) is 0.355. The lowest BCUT2D eigenvalue weighted by molar-refractivity contribution is -0.140. The van der Waals surface area contributed by atoms with Gasteiger partial charge < -0.3 is 19.8 Å². The van der Waals surface area contributed by atoms with Crippen molar-refractivity contribution in [2.45, 2.75) is 32.0 Å². The smallest absolute Gasteiger partial charge is 0.308 e. The number of fused-ring (bicyclic) bond motifs is 2. The lowest BCUT2D eigenvalue weighted by Gasteiger charge is -2.37. The van der Waals surface area contributed by atoms with Gasteiger partial charge in [0.05, 0.1) is 24.2 Å². The number of halogens is 2. The highest BCUT2D eigenvalue weighted by Gasteiger charge is 2.35. The van der Waals surface area contributed by atoms with E-state index >= 15 is 8.78 Å². The van der Waals surface area contributed by atoms with Crippen molar-refractivity contribution >= 4 is 29.0 Å². The van der Waals surface area contributed by atoms with E-state index in [1.165, 1.54) is 11.0 Å². The summed E-state index contributed by atoms with van der Waals surface area (Å²) in [6.07, 6.45) is 0.231. The van der Waals surface area contributed by atoms with Crippen LogP contribution in [-0.2, 0) is 4.79 Å². The molecule has 9 nitrogen and oxygen atoms in total. The summed E-state index contributed by atoms with van der Waals surface area (Å²) in [5, 5.41) is 14.0. The standard InChI is InChI=1S/C31H30F2N6O3/c1-18-21-5-2-3-6-22(21)25(33)17-38(18)30(40)27-15-29(36-10-4-11-36)39-28(34-27)14-26(35-39)23-8-7-20(13-24(23)32)37-12-9-19(16-37)31(41)42/h2-3,5-8,13-15,18-19,25H,4,9-12,16-17H2,1H3,(H,41,42)/t18-,19+,25-/m1/s1. The van der Waals surface area contributed by atoms with E-state index in [9.17, 15) is 14.7 Å². The largest absolute Gasteiger partial charge is 0.481 e. The second-order valence-electron chi connectivity index (χ2n) is 11.3. The van der Waals surface area contributed by atoms with Gasteiger partial charge in [-0.1, -0.05) is 24.3 Å². The number of aromatic nitrogens is 3. The molecular formula is C31H30F2N6O3. The molecule has 0 saturated carbocycles. The van der Waals surface area contributed by atoms with E-state index in [2.05, 4.69) is 15.0 Å². The fourth-order valence-electron chi connectivity index (χ4n) is 6.25. The number of alkyl halides is 1. The minimum atomic E-state index is -1.29. The molecule has 216 valence electrons. The van der Waals surface area contributed by atoms with E-state index in [4.69, 9.17) is 0 Å². The molecule has 5 heterocycles. The van der Waals surface area contributed by atoms with E-state index in [1.807, 2.05) is 24.0 Å². The van der Waals surface area contributed by atoms with Crippen molar-refractivity contribution in [3.05, 3.63) is 77.2 Å². The molecule has 0 radical (unpaired) electrons. The van der Waals surface area contributed by atoms with E-state index in [-0.39, 0.29) is 29.8 Å². The van der Waals surface area contributed by atoms with Gasteiger partial charge in [0.2, 0.25) is 0 Å². The van der Waals surface area contributed by atoms with Crippen LogP contribution in [0.2, 0.25) is 0 Å². The summed E-state index contributed by atoms with van der Waals surface area (Å²) in [4.78, 5) is 35.2. The first-order chi connectivity index (χ1) is 20.3. The van der Waals surface area contributed by atoms with Crippen molar-refractivity contribution in [1.82, 2.24) is 19.5 Å². The van der Waals surface area contributed by atoms with Crippen LogP contribution in [0.4, 0.5) is 20.3 Å². The lowest BCUT2D eigenvalue weighted by atomic mass is 9.92. The third-order valence-electron chi connectivity index (χ3n) is 8.81. The van der Waals surface area contributed by atoms with Crippen molar-refractivity contribution in [2.75, 3.05) is 42.5 Å². The first-order valence-electron chi connectivity index (χ1n) is 14.3. The number of amides is 1. The molecular weight excluding hydrogens is 542 g/mol. The summed E-state index contributed by atoms with van der Waals surface area (Å²) in [6, 6.07) is 15.1. The normalized spacial score (nSPS) is 21.9. The molecule has 1 N–H and O–H groups in total. The Kier molecular flexibility index (Phi) is 6.32. The van der Waals surface area contributed by atoms with Crippen LogP contribution in [-0.4, -0.2) is 69.2 Å². The average molecular weight is 573 g/mol. The van der Waals surface area contributed by atoms with Gasteiger partial charge in [0, 0.05) is 49.6 Å². The molecule has 0 bridgehead atoms. The molecule has 2 saturated heterocycles. The van der Waals surface area contributed by atoms with Crippen molar-refractivity contribution in [2.24, 2.45) is 5.92 Å². The fourth-order valence-corrected chi connectivity index (χ4v) is 6.25. The predicted molar refractivity (Wildman–Crippen MR) is 153 cm³/mol. The Bertz CT molecular complexity index is 1720. The number of carboxylic acid groups (broad SMARTS) is 1. The van der Waals surface area contributed by atoms with Gasteiger partial charge in [0.25, 0.3) is 5.91 Å². The highest BCUT2D eigenvalue weighted by Crippen LogP contribution is 2.38. The van der Waals surface area contributed by atoms with Crippen molar-refractivity contribution < 1.29 is 23.5 Å². The summed E-state index contributed by atoms with van der Waals surface area (Å²) in [5.41, 5.74) is 3.25. The number of carbonyl (C=O) groups is 2. The Morgan fingerprint density at radius 1 is 0.976 bits per heavy atom. The molecule has 3 aliphatic heterocycles. The monoisotopic (exact) mass is 572 g/mol. The van der Waals surface area contributed by atoms with E-state index in [0.717, 1.165) is 25.1 Å². The molecule has 7 rings (SSSR count). The van der Waals surface area contributed by atoms with Crippen LogP contribution in [0, 0.1) is 11.7 Å². The number of hydrogen-bond acceptors (Lipinski definition) is 6. The maximum absolute atomic E-state index is 15.4. The zero-order chi connectivity index (χ0) is 29.1. The van der Waals surface area contributed by atoms with Crippen molar-refractivity contribution in [3.8, 4) is 11.3 Å². The number of carbonyl (C=O) groups excluding carboxylic acids is 1. The molecule has 0 aliphatic carbocycles. The third-order valence-corrected chi connectivity index (χ3v) is 8.81. The van der Waals surface area contributed by atoms with Gasteiger partial charge in [-0.25, -0.2) is 13.8 Å². The van der Waals surface area contributed by atoms with Gasteiger partial charge >= 0.3 is 5.97 Å². The van der Waals surface area contributed by atoms with Gasteiger partial charge in [-0.2, -0.15) is 9.61 Å². The number of hydrogen-bond donors (Lipinski definition) is 1. The Morgan fingerprint density at radius 2 is 1.76 bits per heavy atom. The zero-order valence-electron chi connectivity index (χ0n) is 23.1. The number of aliphatic carboxylic acids is 1. The van der Waals surface area contributed by atoms with Gasteiger partial charge in [-0.15, -0.1) is 0 Å². The number of anilines is 2. The van der Waals surface area contributed by atoms with Crippen LogP contribution in [0.15, 0.2) is 54.6 Å². The van der Waals surface area contributed by atoms with E-state index < -0.39 is 23.9 Å². The van der Waals surface area contributed by atoms with Crippen LogP contribution < -0.4 is 9.80 Å². The van der Waals surface area contributed by atoms with Crippen molar-refractivity contribution in [3.63, 3.8) is 0 Å². The van der Waals surface area contributed by atoms with Crippen LogP contribution in [0.25, 0.3) is 16.9 Å². The summed E-state index contributed by atoms with van der Waals surface area (Å²) in [5.74, 6) is -1.48. The maximum atomic E-state index is 15.4. The molecule has 2 aromatic carbocycles. The first kappa shape index (κ1) is 26.4. The third kappa shape index (κ3) is 4.34. The predicted octanol–water partition coefficient (Wildman–Crippen LogP) is 4.88. The summed E-state index contributed by atoms with van der Waals surface area (Å²) in [7, 11) is 0. The van der Waals surface area contributed by atoms with Crippen LogP contribution in [0.5, 0.6) is 0 Å². The van der Waals surface area contributed by atoms with Gasteiger partial charge in [0.15, 0.2) is 5.65 Å². The molecule has 2 aromatic heterocycles. The summed E-state index contributed by atoms with van der Waals surface area (Å²) >= 11 is 0. The quantitative estimate of drug-likeness (QED) is 0.364. The maximum Gasteiger partial charge on any atom is 0.308 e. The van der Waals surface area contributed by atoms with Crippen molar-refractivity contribution in [1.29, 1.82) is 0 Å². The molecule has 4 aromatic rings. The first-order valence-corrected chi connectivity index (χ1v) is 14.3.